The fourth-order valence-electron chi connectivity index (χ4n) is 3.24. The number of furan rings is 1. The van der Waals surface area contributed by atoms with Crippen molar-refractivity contribution in [1.82, 2.24) is 25.2 Å². The van der Waals surface area contributed by atoms with Crippen LogP contribution in [0.3, 0.4) is 0 Å². The zero-order valence-corrected chi connectivity index (χ0v) is 15.0. The molecule has 7 heteroatoms. The Morgan fingerprint density at radius 3 is 3.08 bits per heavy atom. The summed E-state index contributed by atoms with van der Waals surface area (Å²) >= 11 is 0. The standard InChI is InChI=1S/C18H27N5O2/c1-14(2)10-22(12-16-6-4-8-25-16)18(24)17-13-23(21-20-17)11-15-5-3-7-19-9-15/h4,6,8,13-15,19H,3,5,7,9-12H2,1-2H3. The average molecular weight is 345 g/mol. The van der Waals surface area contributed by atoms with E-state index in [1.165, 1.54) is 12.8 Å². The minimum atomic E-state index is -0.0990. The normalized spacial score (nSPS) is 17.8. The highest BCUT2D eigenvalue weighted by atomic mass is 16.3. The topological polar surface area (TPSA) is 76.2 Å². The van der Waals surface area contributed by atoms with Gasteiger partial charge in [0.1, 0.15) is 5.76 Å². The number of piperidine rings is 1. The van der Waals surface area contributed by atoms with E-state index >= 15 is 0 Å². The van der Waals surface area contributed by atoms with Crippen LogP contribution in [0.2, 0.25) is 0 Å². The van der Waals surface area contributed by atoms with E-state index < -0.39 is 0 Å². The van der Waals surface area contributed by atoms with Gasteiger partial charge in [-0.1, -0.05) is 19.1 Å². The number of hydrogen-bond acceptors (Lipinski definition) is 5. The van der Waals surface area contributed by atoms with Crippen LogP contribution < -0.4 is 5.32 Å². The third-order valence-corrected chi connectivity index (χ3v) is 4.40. The molecule has 2 aromatic heterocycles. The molecule has 3 rings (SSSR count). The Morgan fingerprint density at radius 1 is 1.52 bits per heavy atom. The van der Waals surface area contributed by atoms with Gasteiger partial charge in [0.25, 0.3) is 5.91 Å². The number of aromatic nitrogens is 3. The van der Waals surface area contributed by atoms with Gasteiger partial charge in [-0.25, -0.2) is 0 Å². The van der Waals surface area contributed by atoms with Gasteiger partial charge in [-0.05, 0) is 49.9 Å². The Hall–Kier alpha value is -2.15. The van der Waals surface area contributed by atoms with Crippen LogP contribution in [-0.2, 0) is 13.1 Å². The van der Waals surface area contributed by atoms with Gasteiger partial charge < -0.3 is 14.6 Å². The number of carbonyl (C=O) groups is 1. The summed E-state index contributed by atoms with van der Waals surface area (Å²) in [6.07, 6.45) is 5.78. The Balaban J connectivity index is 1.66. The van der Waals surface area contributed by atoms with E-state index in [1.54, 1.807) is 22.0 Å². The molecule has 2 aromatic rings. The number of hydrogen-bond donors (Lipinski definition) is 1. The molecule has 0 saturated carbocycles. The van der Waals surface area contributed by atoms with Crippen molar-refractivity contribution in [2.75, 3.05) is 19.6 Å². The number of carbonyl (C=O) groups excluding carboxylic acids is 1. The second-order valence-corrected chi connectivity index (χ2v) is 7.20. The van der Waals surface area contributed by atoms with E-state index in [1.807, 2.05) is 12.1 Å². The van der Waals surface area contributed by atoms with Gasteiger partial charge in [-0.3, -0.25) is 9.48 Å². The molecule has 25 heavy (non-hydrogen) atoms. The Morgan fingerprint density at radius 2 is 2.40 bits per heavy atom. The quantitative estimate of drug-likeness (QED) is 0.832. The van der Waals surface area contributed by atoms with Crippen molar-refractivity contribution < 1.29 is 9.21 Å². The number of rotatable bonds is 7. The van der Waals surface area contributed by atoms with E-state index in [2.05, 4.69) is 29.5 Å². The Kier molecular flexibility index (Phi) is 5.86. The molecule has 7 nitrogen and oxygen atoms in total. The van der Waals surface area contributed by atoms with Crippen molar-refractivity contribution in [2.24, 2.45) is 11.8 Å². The number of amides is 1. The van der Waals surface area contributed by atoms with Gasteiger partial charge in [-0.15, -0.1) is 5.10 Å². The second-order valence-electron chi connectivity index (χ2n) is 7.20. The lowest BCUT2D eigenvalue weighted by molar-refractivity contribution is 0.0704. The lowest BCUT2D eigenvalue weighted by atomic mass is 10.00. The van der Waals surface area contributed by atoms with Crippen LogP contribution in [0.1, 0.15) is 42.9 Å². The Bertz CT molecular complexity index is 659. The third-order valence-electron chi connectivity index (χ3n) is 4.40. The first kappa shape index (κ1) is 17.7. The molecule has 1 aliphatic heterocycles. The van der Waals surface area contributed by atoms with Crippen molar-refractivity contribution in [3.63, 3.8) is 0 Å². The first-order valence-electron chi connectivity index (χ1n) is 9.04. The molecule has 0 aliphatic carbocycles. The summed E-state index contributed by atoms with van der Waals surface area (Å²) in [5.41, 5.74) is 0.399. The molecule has 1 fully saturated rings. The number of nitrogens with zero attached hydrogens (tertiary/aromatic N) is 4. The molecule has 1 saturated heterocycles. The van der Waals surface area contributed by atoms with E-state index in [9.17, 15) is 4.79 Å². The highest BCUT2D eigenvalue weighted by molar-refractivity contribution is 5.91. The van der Waals surface area contributed by atoms with Crippen LogP contribution in [0.5, 0.6) is 0 Å². The maximum absolute atomic E-state index is 12.9. The highest BCUT2D eigenvalue weighted by Crippen LogP contribution is 2.14. The van der Waals surface area contributed by atoms with Crippen LogP contribution >= 0.6 is 0 Å². The van der Waals surface area contributed by atoms with Crippen molar-refractivity contribution in [1.29, 1.82) is 0 Å². The van der Waals surface area contributed by atoms with E-state index in [-0.39, 0.29) is 5.91 Å². The van der Waals surface area contributed by atoms with Crippen LogP contribution in [0.25, 0.3) is 0 Å². The molecule has 1 amide bonds. The Labute approximate surface area is 148 Å². The summed E-state index contributed by atoms with van der Waals surface area (Å²) in [4.78, 5) is 14.6. The van der Waals surface area contributed by atoms with Crippen LogP contribution in [0.4, 0.5) is 0 Å². The van der Waals surface area contributed by atoms with E-state index in [0.29, 0.717) is 30.6 Å². The first-order valence-corrected chi connectivity index (χ1v) is 9.04. The fraction of sp³-hybridized carbons (Fsp3) is 0.611. The molecular weight excluding hydrogens is 318 g/mol. The van der Waals surface area contributed by atoms with Crippen LogP contribution in [-0.4, -0.2) is 45.4 Å². The summed E-state index contributed by atoms with van der Waals surface area (Å²) in [5.74, 6) is 1.59. The summed E-state index contributed by atoms with van der Waals surface area (Å²) in [7, 11) is 0. The molecule has 0 aromatic carbocycles. The third kappa shape index (κ3) is 4.92. The molecule has 0 bridgehead atoms. The zero-order valence-electron chi connectivity index (χ0n) is 15.0. The van der Waals surface area contributed by atoms with Crippen molar-refractivity contribution in [2.45, 2.75) is 39.8 Å². The first-order chi connectivity index (χ1) is 12.1. The van der Waals surface area contributed by atoms with E-state index in [0.717, 1.165) is 25.4 Å². The predicted molar refractivity (Wildman–Crippen MR) is 93.9 cm³/mol. The molecule has 1 aliphatic rings. The number of nitrogens with one attached hydrogen (secondary N) is 1. The summed E-state index contributed by atoms with van der Waals surface area (Å²) < 4.78 is 7.19. The molecule has 1 N–H and O–H groups in total. The summed E-state index contributed by atoms with van der Waals surface area (Å²) in [5, 5.41) is 11.7. The smallest absolute Gasteiger partial charge is 0.276 e. The molecular formula is C18H27N5O2. The largest absolute Gasteiger partial charge is 0.467 e. The van der Waals surface area contributed by atoms with Crippen LogP contribution in [0, 0.1) is 11.8 Å². The van der Waals surface area contributed by atoms with Crippen LogP contribution in [0.15, 0.2) is 29.0 Å². The van der Waals surface area contributed by atoms with E-state index in [4.69, 9.17) is 4.42 Å². The van der Waals surface area contributed by atoms with Crippen molar-refractivity contribution >= 4 is 5.91 Å². The molecule has 0 radical (unpaired) electrons. The van der Waals surface area contributed by atoms with Gasteiger partial charge in [0, 0.05) is 13.1 Å². The van der Waals surface area contributed by atoms with Gasteiger partial charge in [0.05, 0.1) is 19.0 Å². The fourth-order valence-corrected chi connectivity index (χ4v) is 3.24. The lowest BCUT2D eigenvalue weighted by Crippen LogP contribution is -2.34. The van der Waals surface area contributed by atoms with Gasteiger partial charge in [0.15, 0.2) is 5.69 Å². The van der Waals surface area contributed by atoms with Gasteiger partial charge in [-0.2, -0.15) is 0 Å². The zero-order chi connectivity index (χ0) is 17.6. The summed E-state index contributed by atoms with van der Waals surface area (Å²) in [6.45, 7) is 8.18. The predicted octanol–water partition coefficient (Wildman–Crippen LogP) is 2.17. The van der Waals surface area contributed by atoms with Crippen molar-refractivity contribution in [3.05, 3.63) is 36.0 Å². The highest BCUT2D eigenvalue weighted by Gasteiger charge is 2.22. The van der Waals surface area contributed by atoms with Crippen molar-refractivity contribution in [3.8, 4) is 0 Å². The van der Waals surface area contributed by atoms with Gasteiger partial charge in [0.2, 0.25) is 0 Å². The minimum Gasteiger partial charge on any atom is -0.467 e. The monoisotopic (exact) mass is 345 g/mol. The molecule has 136 valence electrons. The van der Waals surface area contributed by atoms with Gasteiger partial charge >= 0.3 is 0 Å². The summed E-state index contributed by atoms with van der Waals surface area (Å²) in [6, 6.07) is 3.72. The maximum Gasteiger partial charge on any atom is 0.276 e. The molecule has 1 atom stereocenters. The molecule has 3 heterocycles. The average Bonchev–Trinajstić information content (AvgIpc) is 3.26. The lowest BCUT2D eigenvalue weighted by Gasteiger charge is -2.23. The second kappa shape index (κ2) is 8.29. The molecule has 1 unspecified atom stereocenters. The minimum absolute atomic E-state index is 0.0990. The maximum atomic E-state index is 12.9. The molecule has 0 spiro atoms. The SMILES string of the molecule is CC(C)CN(Cc1ccco1)C(=O)c1cn(CC2CCCNC2)nn1.